The Morgan fingerprint density at radius 2 is 2.00 bits per heavy atom. The summed E-state index contributed by atoms with van der Waals surface area (Å²) in [6, 6.07) is 12.0. The van der Waals surface area contributed by atoms with Gasteiger partial charge in [-0.3, -0.25) is 4.79 Å². The number of aromatic amines is 1. The van der Waals surface area contributed by atoms with Crippen LogP contribution in [0.2, 0.25) is 0 Å². The number of carbonyl (C=O) groups is 1. The number of hydrogen-bond donors (Lipinski definition) is 1. The fourth-order valence-electron chi connectivity index (χ4n) is 4.47. The van der Waals surface area contributed by atoms with Crippen molar-refractivity contribution in [2.75, 3.05) is 20.2 Å². The van der Waals surface area contributed by atoms with Crippen molar-refractivity contribution in [3.05, 3.63) is 65.9 Å². The molecule has 5 rings (SSSR count). The van der Waals surface area contributed by atoms with Crippen LogP contribution in [0.5, 0.6) is 5.75 Å². The van der Waals surface area contributed by atoms with Crippen molar-refractivity contribution in [3.8, 4) is 17.1 Å². The van der Waals surface area contributed by atoms with Crippen molar-refractivity contribution in [3.63, 3.8) is 0 Å². The van der Waals surface area contributed by atoms with Crippen molar-refractivity contribution in [2.45, 2.75) is 31.6 Å². The number of benzene rings is 2. The Hall–Kier alpha value is -3.68. The molecule has 7 nitrogen and oxygen atoms in total. The highest BCUT2D eigenvalue weighted by Crippen LogP contribution is 2.34. The molecular formula is C25H25FN4O3. The molecule has 170 valence electrons. The van der Waals surface area contributed by atoms with Crippen LogP contribution in [-0.4, -0.2) is 46.1 Å². The van der Waals surface area contributed by atoms with Crippen LogP contribution in [0.4, 0.5) is 4.39 Å². The minimum absolute atomic E-state index is 0.0931. The number of fused-ring (bicyclic) bond motifs is 1. The molecule has 0 spiro atoms. The number of ether oxygens (including phenoxy) is 1. The minimum atomic E-state index is -0.318. The normalized spacial score (nSPS) is 14.7. The van der Waals surface area contributed by atoms with Gasteiger partial charge in [0.05, 0.1) is 7.11 Å². The number of nitrogens with zero attached hydrogens (tertiary/aromatic N) is 3. The quantitative estimate of drug-likeness (QED) is 0.462. The highest BCUT2D eigenvalue weighted by molar-refractivity contribution is 5.85. The predicted molar refractivity (Wildman–Crippen MR) is 121 cm³/mol. The number of halogens is 1. The fourth-order valence-corrected chi connectivity index (χ4v) is 4.47. The van der Waals surface area contributed by atoms with Crippen LogP contribution in [0.15, 0.2) is 53.2 Å². The summed E-state index contributed by atoms with van der Waals surface area (Å²) in [6.07, 6.45) is 4.63. The molecule has 0 aliphatic carbocycles. The molecule has 1 aliphatic rings. The van der Waals surface area contributed by atoms with Gasteiger partial charge in [-0.05, 0) is 66.8 Å². The number of likely N-dealkylation sites (tertiary alicyclic amines) is 1. The monoisotopic (exact) mass is 448 g/mol. The molecule has 0 saturated carbocycles. The van der Waals surface area contributed by atoms with Crippen LogP contribution in [0, 0.1) is 5.82 Å². The van der Waals surface area contributed by atoms with Gasteiger partial charge in [0.15, 0.2) is 0 Å². The molecule has 0 bridgehead atoms. The Labute approximate surface area is 190 Å². The van der Waals surface area contributed by atoms with E-state index in [2.05, 4.69) is 27.4 Å². The van der Waals surface area contributed by atoms with E-state index >= 15 is 0 Å². The van der Waals surface area contributed by atoms with Gasteiger partial charge in [-0.2, -0.15) is 4.98 Å². The van der Waals surface area contributed by atoms with E-state index < -0.39 is 0 Å². The molecule has 1 N–H and O–H groups in total. The highest BCUT2D eigenvalue weighted by Gasteiger charge is 2.26. The number of amides is 1. The van der Waals surface area contributed by atoms with E-state index in [9.17, 15) is 9.18 Å². The molecule has 4 aromatic rings. The molecule has 0 atom stereocenters. The molecule has 2 aromatic heterocycles. The van der Waals surface area contributed by atoms with Gasteiger partial charge in [-0.15, -0.1) is 0 Å². The number of nitrogens with one attached hydrogen (secondary N) is 1. The van der Waals surface area contributed by atoms with Gasteiger partial charge < -0.3 is 19.1 Å². The van der Waals surface area contributed by atoms with Gasteiger partial charge in [-0.25, -0.2) is 4.39 Å². The lowest BCUT2D eigenvalue weighted by atomic mass is 9.89. The van der Waals surface area contributed by atoms with E-state index in [-0.39, 0.29) is 11.7 Å². The lowest BCUT2D eigenvalue weighted by Gasteiger charge is -2.32. The van der Waals surface area contributed by atoms with Crippen molar-refractivity contribution in [1.29, 1.82) is 0 Å². The van der Waals surface area contributed by atoms with E-state index in [0.717, 1.165) is 37.2 Å². The lowest BCUT2D eigenvalue weighted by Crippen LogP contribution is -2.38. The van der Waals surface area contributed by atoms with Gasteiger partial charge >= 0.3 is 0 Å². The SMILES string of the molecule is COc1ccc2[nH]cc(C3CCN(C(=O)CCc4nc(-c5ccc(F)cc5)no4)CC3)c2c1. The molecule has 3 heterocycles. The Morgan fingerprint density at radius 1 is 1.21 bits per heavy atom. The first-order valence-corrected chi connectivity index (χ1v) is 11.1. The number of H-pyrrole nitrogens is 1. The summed E-state index contributed by atoms with van der Waals surface area (Å²) in [6.45, 7) is 1.45. The molecule has 0 unspecified atom stereocenters. The largest absolute Gasteiger partial charge is 0.497 e. The zero-order valence-corrected chi connectivity index (χ0v) is 18.4. The average Bonchev–Trinajstić information content (AvgIpc) is 3.50. The van der Waals surface area contributed by atoms with Gasteiger partial charge in [0.1, 0.15) is 11.6 Å². The first kappa shape index (κ1) is 21.2. The van der Waals surface area contributed by atoms with Crippen molar-refractivity contribution >= 4 is 16.8 Å². The van der Waals surface area contributed by atoms with E-state index in [0.29, 0.717) is 36.0 Å². The third-order valence-electron chi connectivity index (χ3n) is 6.33. The Bertz CT molecular complexity index is 1260. The first-order valence-electron chi connectivity index (χ1n) is 11.1. The summed E-state index contributed by atoms with van der Waals surface area (Å²) in [4.78, 5) is 22.3. The van der Waals surface area contributed by atoms with Crippen LogP contribution in [0.3, 0.4) is 0 Å². The minimum Gasteiger partial charge on any atom is -0.497 e. The van der Waals surface area contributed by atoms with E-state index in [1.807, 2.05) is 17.0 Å². The second-order valence-corrected chi connectivity index (χ2v) is 8.33. The Morgan fingerprint density at radius 3 is 2.76 bits per heavy atom. The summed E-state index contributed by atoms with van der Waals surface area (Å²) >= 11 is 0. The summed E-state index contributed by atoms with van der Waals surface area (Å²) in [5, 5.41) is 5.12. The van der Waals surface area contributed by atoms with Crippen LogP contribution in [0.25, 0.3) is 22.3 Å². The summed E-state index contributed by atoms with van der Waals surface area (Å²) in [5.74, 6) is 1.83. The van der Waals surface area contributed by atoms with E-state index in [1.165, 1.54) is 23.1 Å². The third kappa shape index (κ3) is 4.46. The van der Waals surface area contributed by atoms with Gasteiger partial charge in [0.2, 0.25) is 17.6 Å². The molecule has 1 saturated heterocycles. The number of rotatable bonds is 6. The van der Waals surface area contributed by atoms with Gasteiger partial charge in [0, 0.05) is 48.6 Å². The molecule has 1 fully saturated rings. The molecule has 33 heavy (non-hydrogen) atoms. The summed E-state index contributed by atoms with van der Waals surface area (Å²) in [7, 11) is 1.68. The average molecular weight is 448 g/mol. The smallest absolute Gasteiger partial charge is 0.227 e. The van der Waals surface area contributed by atoms with Crippen molar-refractivity contribution in [1.82, 2.24) is 20.0 Å². The summed E-state index contributed by atoms with van der Waals surface area (Å²) in [5.41, 5.74) is 3.06. The first-order chi connectivity index (χ1) is 16.1. The van der Waals surface area contributed by atoms with Gasteiger partial charge in [0.25, 0.3) is 0 Å². The summed E-state index contributed by atoms with van der Waals surface area (Å²) < 4.78 is 23.7. The van der Waals surface area contributed by atoms with Crippen molar-refractivity contribution in [2.24, 2.45) is 0 Å². The second-order valence-electron chi connectivity index (χ2n) is 8.33. The van der Waals surface area contributed by atoms with Crippen LogP contribution < -0.4 is 4.74 Å². The Kier molecular flexibility index (Phi) is 5.81. The number of carbonyl (C=O) groups excluding carboxylic acids is 1. The van der Waals surface area contributed by atoms with Crippen LogP contribution >= 0.6 is 0 Å². The van der Waals surface area contributed by atoms with Gasteiger partial charge in [-0.1, -0.05) is 5.16 Å². The third-order valence-corrected chi connectivity index (χ3v) is 6.33. The predicted octanol–water partition coefficient (Wildman–Crippen LogP) is 4.70. The molecule has 0 radical (unpaired) electrons. The molecule has 1 aliphatic heterocycles. The fraction of sp³-hybridized carbons (Fsp3) is 0.320. The Balaban J connectivity index is 1.16. The second kappa shape index (κ2) is 9.05. The molecule has 2 aromatic carbocycles. The zero-order valence-electron chi connectivity index (χ0n) is 18.4. The number of aromatic nitrogens is 3. The van der Waals surface area contributed by atoms with E-state index in [4.69, 9.17) is 9.26 Å². The number of methoxy groups -OCH3 is 1. The number of hydrogen-bond acceptors (Lipinski definition) is 5. The maximum absolute atomic E-state index is 13.1. The van der Waals surface area contributed by atoms with Crippen LogP contribution in [0.1, 0.15) is 36.6 Å². The lowest BCUT2D eigenvalue weighted by molar-refractivity contribution is -0.132. The molecule has 8 heteroatoms. The maximum Gasteiger partial charge on any atom is 0.227 e. The molecule has 1 amide bonds. The maximum atomic E-state index is 13.1. The number of piperidine rings is 1. The number of aryl methyl sites for hydroxylation is 1. The zero-order chi connectivity index (χ0) is 22.8. The van der Waals surface area contributed by atoms with Crippen LogP contribution in [-0.2, 0) is 11.2 Å². The topological polar surface area (TPSA) is 84.2 Å². The van der Waals surface area contributed by atoms with E-state index in [1.54, 1.807) is 19.2 Å². The molecular weight excluding hydrogens is 423 g/mol. The highest BCUT2D eigenvalue weighted by atomic mass is 19.1. The standard InChI is InChI=1S/C25H25FN4O3/c1-32-19-6-7-22-20(14-19)21(15-27-22)16-10-12-30(13-11-16)24(31)9-8-23-28-25(29-33-23)17-2-4-18(26)5-3-17/h2-7,14-16,27H,8-13H2,1H3. The van der Waals surface area contributed by atoms with Crippen molar-refractivity contribution < 1.29 is 18.4 Å².